The van der Waals surface area contributed by atoms with E-state index in [1.165, 1.54) is 18.5 Å². The summed E-state index contributed by atoms with van der Waals surface area (Å²) in [7, 11) is 0. The maximum Gasteiger partial charge on any atom is 0.328 e. The van der Waals surface area contributed by atoms with E-state index in [0.717, 1.165) is 10.3 Å². The predicted octanol–water partition coefficient (Wildman–Crippen LogP) is 0.361. The number of carbonyl (C=O) groups is 1. The van der Waals surface area contributed by atoms with Gasteiger partial charge in [0.05, 0.1) is 23.8 Å². The molecule has 0 bridgehead atoms. The standard InChI is InChI=1S/C15H13N5O3/c21-13-6-7-19(15(23)18-13)10-14(22)17-11-8-16-20(9-11)12-4-2-1-3-5-12/h1-9H,10H2,(H,17,22)(H,18,21,23). The van der Waals surface area contributed by atoms with E-state index in [1.54, 1.807) is 10.9 Å². The summed E-state index contributed by atoms with van der Waals surface area (Å²) in [6, 6.07) is 10.6. The Morgan fingerprint density at radius 3 is 2.70 bits per heavy atom. The van der Waals surface area contributed by atoms with Crippen LogP contribution in [0.3, 0.4) is 0 Å². The zero-order valence-corrected chi connectivity index (χ0v) is 12.0. The van der Waals surface area contributed by atoms with E-state index in [9.17, 15) is 14.4 Å². The third-order valence-corrected chi connectivity index (χ3v) is 3.10. The summed E-state index contributed by atoms with van der Waals surface area (Å²) >= 11 is 0. The molecule has 1 aromatic carbocycles. The van der Waals surface area contributed by atoms with Crippen molar-refractivity contribution >= 4 is 11.6 Å². The van der Waals surface area contributed by atoms with Crippen molar-refractivity contribution in [3.05, 3.63) is 75.8 Å². The van der Waals surface area contributed by atoms with Gasteiger partial charge in [0.25, 0.3) is 5.56 Å². The van der Waals surface area contributed by atoms with Gasteiger partial charge in [-0.05, 0) is 12.1 Å². The molecular formula is C15H13N5O3. The highest BCUT2D eigenvalue weighted by molar-refractivity contribution is 5.90. The lowest BCUT2D eigenvalue weighted by Crippen LogP contribution is -2.32. The van der Waals surface area contributed by atoms with Crippen molar-refractivity contribution in [3.8, 4) is 5.69 Å². The molecule has 0 saturated heterocycles. The molecule has 23 heavy (non-hydrogen) atoms. The number of nitrogens with zero attached hydrogens (tertiary/aromatic N) is 3. The predicted molar refractivity (Wildman–Crippen MR) is 83.5 cm³/mol. The highest BCUT2D eigenvalue weighted by atomic mass is 16.2. The lowest BCUT2D eigenvalue weighted by atomic mass is 10.3. The molecule has 116 valence electrons. The molecule has 0 spiro atoms. The molecule has 3 aromatic rings. The SMILES string of the molecule is O=C(Cn1ccc(=O)[nH]c1=O)Nc1cnn(-c2ccccc2)c1. The van der Waals surface area contributed by atoms with Crippen LogP contribution in [-0.2, 0) is 11.3 Å². The third-order valence-electron chi connectivity index (χ3n) is 3.10. The molecule has 8 nitrogen and oxygen atoms in total. The van der Waals surface area contributed by atoms with Crippen LogP contribution in [0.2, 0.25) is 0 Å². The first-order valence-corrected chi connectivity index (χ1v) is 6.81. The highest BCUT2D eigenvalue weighted by Gasteiger charge is 2.07. The molecule has 1 amide bonds. The van der Waals surface area contributed by atoms with Gasteiger partial charge in [-0.3, -0.25) is 19.1 Å². The average molecular weight is 311 g/mol. The molecule has 0 saturated carbocycles. The molecule has 0 fully saturated rings. The van der Waals surface area contributed by atoms with E-state index in [4.69, 9.17) is 0 Å². The Kier molecular flexibility index (Phi) is 3.88. The minimum atomic E-state index is -0.632. The maximum absolute atomic E-state index is 12.0. The zero-order chi connectivity index (χ0) is 16.2. The number of carbonyl (C=O) groups excluding carboxylic acids is 1. The number of benzene rings is 1. The second kappa shape index (κ2) is 6.14. The van der Waals surface area contributed by atoms with Gasteiger partial charge < -0.3 is 5.32 Å². The Morgan fingerprint density at radius 1 is 1.17 bits per heavy atom. The summed E-state index contributed by atoms with van der Waals surface area (Å²) in [4.78, 5) is 36.6. The van der Waals surface area contributed by atoms with Gasteiger partial charge in [0.1, 0.15) is 6.54 Å². The van der Waals surface area contributed by atoms with Crippen molar-refractivity contribution < 1.29 is 4.79 Å². The number of hydrogen-bond acceptors (Lipinski definition) is 4. The maximum atomic E-state index is 12.0. The van der Waals surface area contributed by atoms with E-state index in [2.05, 4.69) is 15.4 Å². The monoisotopic (exact) mass is 311 g/mol. The molecule has 2 aromatic heterocycles. The summed E-state index contributed by atoms with van der Waals surface area (Å²) in [6.07, 6.45) is 4.46. The highest BCUT2D eigenvalue weighted by Crippen LogP contribution is 2.11. The van der Waals surface area contributed by atoms with Crippen LogP contribution in [0.1, 0.15) is 0 Å². The molecule has 0 aliphatic rings. The molecule has 0 aliphatic carbocycles. The van der Waals surface area contributed by atoms with Gasteiger partial charge in [0.15, 0.2) is 0 Å². The number of rotatable bonds is 4. The van der Waals surface area contributed by atoms with Crippen LogP contribution >= 0.6 is 0 Å². The normalized spacial score (nSPS) is 10.4. The second-order valence-electron chi connectivity index (χ2n) is 4.80. The average Bonchev–Trinajstić information content (AvgIpc) is 2.99. The molecule has 0 atom stereocenters. The number of para-hydroxylation sites is 1. The topological polar surface area (TPSA) is 102 Å². The van der Waals surface area contributed by atoms with Crippen LogP contribution in [0.4, 0.5) is 5.69 Å². The Morgan fingerprint density at radius 2 is 1.96 bits per heavy atom. The Balaban J connectivity index is 1.70. The lowest BCUT2D eigenvalue weighted by molar-refractivity contribution is -0.116. The van der Waals surface area contributed by atoms with E-state index in [0.29, 0.717) is 5.69 Å². The van der Waals surface area contributed by atoms with Crippen molar-refractivity contribution in [1.82, 2.24) is 19.3 Å². The summed E-state index contributed by atoms with van der Waals surface area (Å²) in [5, 5.41) is 6.81. The van der Waals surface area contributed by atoms with E-state index < -0.39 is 17.2 Å². The van der Waals surface area contributed by atoms with Crippen LogP contribution in [0.25, 0.3) is 5.69 Å². The Labute approximate surface area is 130 Å². The minimum Gasteiger partial charge on any atom is -0.322 e. The number of aromatic nitrogens is 4. The quantitative estimate of drug-likeness (QED) is 0.726. The van der Waals surface area contributed by atoms with E-state index in [1.807, 2.05) is 30.3 Å². The number of amides is 1. The summed E-state index contributed by atoms with van der Waals surface area (Å²) in [6.45, 7) is -0.202. The molecule has 0 unspecified atom stereocenters. The zero-order valence-electron chi connectivity index (χ0n) is 12.0. The van der Waals surface area contributed by atoms with Gasteiger partial charge in [-0.1, -0.05) is 18.2 Å². The number of hydrogen-bond donors (Lipinski definition) is 2. The van der Waals surface area contributed by atoms with Crippen molar-refractivity contribution in [1.29, 1.82) is 0 Å². The second-order valence-corrected chi connectivity index (χ2v) is 4.80. The first-order valence-electron chi connectivity index (χ1n) is 6.81. The Bertz CT molecular complexity index is 939. The van der Waals surface area contributed by atoms with Crippen LogP contribution in [0, 0.1) is 0 Å². The fourth-order valence-electron chi connectivity index (χ4n) is 2.03. The smallest absolute Gasteiger partial charge is 0.322 e. The first kappa shape index (κ1) is 14.5. The molecule has 8 heteroatoms. The van der Waals surface area contributed by atoms with Crippen LogP contribution in [-0.4, -0.2) is 25.2 Å². The van der Waals surface area contributed by atoms with Gasteiger partial charge in [-0.2, -0.15) is 5.10 Å². The number of H-pyrrole nitrogens is 1. The van der Waals surface area contributed by atoms with E-state index >= 15 is 0 Å². The first-order chi connectivity index (χ1) is 11.1. The molecule has 3 rings (SSSR count). The minimum absolute atomic E-state index is 0.202. The van der Waals surface area contributed by atoms with Crippen LogP contribution < -0.4 is 16.6 Å². The fourth-order valence-corrected chi connectivity index (χ4v) is 2.03. The van der Waals surface area contributed by atoms with Crippen molar-refractivity contribution in [2.45, 2.75) is 6.54 Å². The van der Waals surface area contributed by atoms with Crippen LogP contribution in [0.15, 0.2) is 64.6 Å². The molecule has 0 aliphatic heterocycles. The van der Waals surface area contributed by atoms with Gasteiger partial charge in [0.2, 0.25) is 5.91 Å². The van der Waals surface area contributed by atoms with Crippen molar-refractivity contribution in [3.63, 3.8) is 0 Å². The number of anilines is 1. The molecule has 2 N–H and O–H groups in total. The van der Waals surface area contributed by atoms with Crippen LogP contribution in [0.5, 0.6) is 0 Å². The summed E-state index contributed by atoms with van der Waals surface area (Å²) < 4.78 is 2.74. The van der Waals surface area contributed by atoms with Crippen molar-refractivity contribution in [2.75, 3.05) is 5.32 Å². The number of aromatic amines is 1. The molecule has 0 radical (unpaired) electrons. The molecular weight excluding hydrogens is 298 g/mol. The summed E-state index contributed by atoms with van der Waals surface area (Å²) in [5.41, 5.74) is 0.240. The van der Waals surface area contributed by atoms with Gasteiger partial charge in [0, 0.05) is 12.3 Å². The fraction of sp³-hybridized carbons (Fsp3) is 0.0667. The van der Waals surface area contributed by atoms with Gasteiger partial charge >= 0.3 is 5.69 Å². The number of nitrogens with one attached hydrogen (secondary N) is 2. The lowest BCUT2D eigenvalue weighted by Gasteiger charge is -2.04. The van der Waals surface area contributed by atoms with Gasteiger partial charge in [-0.15, -0.1) is 0 Å². The third kappa shape index (κ3) is 3.43. The van der Waals surface area contributed by atoms with Crippen molar-refractivity contribution in [2.24, 2.45) is 0 Å². The largest absolute Gasteiger partial charge is 0.328 e. The van der Waals surface area contributed by atoms with E-state index in [-0.39, 0.29) is 6.54 Å². The Hall–Kier alpha value is -3.42. The molecule has 2 heterocycles. The van der Waals surface area contributed by atoms with Gasteiger partial charge in [-0.25, -0.2) is 9.48 Å². The summed E-state index contributed by atoms with van der Waals surface area (Å²) in [5.74, 6) is -0.397.